The fourth-order valence-electron chi connectivity index (χ4n) is 2.37. The number of hydrogen-bond acceptors (Lipinski definition) is 3. The highest BCUT2D eigenvalue weighted by Gasteiger charge is 2.39. The van der Waals surface area contributed by atoms with Crippen LogP contribution in [0, 0.1) is 13.8 Å². The average molecular weight is 330 g/mol. The first-order valence-electron chi connectivity index (χ1n) is 6.43. The Labute approximate surface area is 122 Å². The van der Waals surface area contributed by atoms with Gasteiger partial charge in [0.05, 0.1) is 28.3 Å². The summed E-state index contributed by atoms with van der Waals surface area (Å²) < 4.78 is 11.9. The van der Waals surface area contributed by atoms with E-state index < -0.39 is 0 Å². The van der Waals surface area contributed by atoms with Crippen LogP contribution < -0.4 is 0 Å². The second kappa shape index (κ2) is 4.94. The SMILES string of the molecule is Cc1oc(C)c(C(=O)N2C[C@H](C)OCC2(C)C)c1Br. The van der Waals surface area contributed by atoms with Gasteiger partial charge in [0.15, 0.2) is 0 Å². The molecule has 1 aromatic heterocycles. The fraction of sp³-hybridized carbons (Fsp3) is 0.643. The minimum atomic E-state index is -0.305. The number of hydrogen-bond donors (Lipinski definition) is 0. The summed E-state index contributed by atoms with van der Waals surface area (Å²) in [5, 5.41) is 0. The molecule has 2 rings (SSSR count). The van der Waals surface area contributed by atoms with Gasteiger partial charge in [-0.2, -0.15) is 0 Å². The van der Waals surface area contributed by atoms with E-state index in [4.69, 9.17) is 9.15 Å². The zero-order valence-electron chi connectivity index (χ0n) is 12.0. The molecule has 1 aliphatic heterocycles. The standard InChI is InChI=1S/C14H20BrNO3/c1-8-6-16(14(4,5)7-18-8)13(17)11-9(2)19-10(3)12(11)15/h8H,6-7H2,1-5H3/t8-/m0/s1. The number of nitrogens with zero attached hydrogens (tertiary/aromatic N) is 1. The molecule has 1 aromatic rings. The lowest BCUT2D eigenvalue weighted by molar-refractivity contribution is -0.0756. The van der Waals surface area contributed by atoms with E-state index in [1.165, 1.54) is 0 Å². The Bertz CT molecular complexity index is 507. The maximum atomic E-state index is 12.8. The second-order valence-electron chi connectivity index (χ2n) is 5.75. The van der Waals surface area contributed by atoms with Gasteiger partial charge in [0.2, 0.25) is 0 Å². The largest absolute Gasteiger partial charge is 0.465 e. The van der Waals surface area contributed by atoms with Crippen molar-refractivity contribution in [1.29, 1.82) is 0 Å². The van der Waals surface area contributed by atoms with Crippen molar-refractivity contribution >= 4 is 21.8 Å². The molecular formula is C14H20BrNO3. The predicted octanol–water partition coefficient (Wildman–Crippen LogP) is 3.30. The molecule has 0 radical (unpaired) electrons. The van der Waals surface area contributed by atoms with E-state index in [9.17, 15) is 4.79 Å². The van der Waals surface area contributed by atoms with E-state index in [0.717, 1.165) is 10.2 Å². The number of rotatable bonds is 1. The van der Waals surface area contributed by atoms with E-state index in [-0.39, 0.29) is 17.6 Å². The van der Waals surface area contributed by atoms with E-state index >= 15 is 0 Å². The summed E-state index contributed by atoms with van der Waals surface area (Å²) >= 11 is 3.45. The van der Waals surface area contributed by atoms with Crippen LogP contribution in [0.5, 0.6) is 0 Å². The van der Waals surface area contributed by atoms with Gasteiger partial charge in [-0.05, 0) is 50.5 Å². The van der Waals surface area contributed by atoms with Gasteiger partial charge in [0.25, 0.3) is 5.91 Å². The van der Waals surface area contributed by atoms with Gasteiger partial charge in [0.1, 0.15) is 11.5 Å². The van der Waals surface area contributed by atoms with Gasteiger partial charge in [0, 0.05) is 6.54 Å². The van der Waals surface area contributed by atoms with E-state index in [1.54, 1.807) is 0 Å². The van der Waals surface area contributed by atoms with Crippen molar-refractivity contribution in [3.05, 3.63) is 21.6 Å². The molecule has 0 aromatic carbocycles. The second-order valence-corrected chi connectivity index (χ2v) is 6.55. The van der Waals surface area contributed by atoms with Crippen molar-refractivity contribution in [2.45, 2.75) is 46.3 Å². The average Bonchev–Trinajstić information content (AvgIpc) is 2.56. The Hall–Kier alpha value is -0.810. The number of halogens is 1. The van der Waals surface area contributed by atoms with Crippen LogP contribution in [-0.4, -0.2) is 35.6 Å². The normalized spacial score (nSPS) is 22.6. The van der Waals surface area contributed by atoms with Crippen LogP contribution in [0.1, 0.15) is 42.6 Å². The van der Waals surface area contributed by atoms with Gasteiger partial charge < -0.3 is 14.1 Å². The van der Waals surface area contributed by atoms with Gasteiger partial charge in [-0.3, -0.25) is 4.79 Å². The Morgan fingerprint density at radius 1 is 1.37 bits per heavy atom. The molecule has 0 N–H and O–H groups in total. The van der Waals surface area contributed by atoms with Crippen molar-refractivity contribution in [3.8, 4) is 0 Å². The van der Waals surface area contributed by atoms with E-state index in [2.05, 4.69) is 15.9 Å². The van der Waals surface area contributed by atoms with Crippen molar-refractivity contribution in [2.75, 3.05) is 13.2 Å². The quantitative estimate of drug-likeness (QED) is 0.793. The highest BCUT2D eigenvalue weighted by atomic mass is 79.9. The van der Waals surface area contributed by atoms with Crippen molar-refractivity contribution in [1.82, 2.24) is 4.90 Å². The molecule has 2 heterocycles. The van der Waals surface area contributed by atoms with Crippen LogP contribution in [0.3, 0.4) is 0 Å². The first-order chi connectivity index (χ1) is 8.74. The molecule has 106 valence electrons. The summed E-state index contributed by atoms with van der Waals surface area (Å²) in [7, 11) is 0. The molecule has 0 unspecified atom stereocenters. The van der Waals surface area contributed by atoms with Gasteiger partial charge in [-0.15, -0.1) is 0 Å². The summed E-state index contributed by atoms with van der Waals surface area (Å²) in [6.45, 7) is 10.8. The molecule has 5 heteroatoms. The molecule has 1 atom stereocenters. The molecule has 1 aliphatic rings. The molecule has 0 saturated carbocycles. The molecule has 1 amide bonds. The van der Waals surface area contributed by atoms with Crippen LogP contribution >= 0.6 is 15.9 Å². The van der Waals surface area contributed by atoms with Crippen molar-refractivity contribution < 1.29 is 13.9 Å². The number of carbonyl (C=O) groups excluding carboxylic acids is 1. The third-order valence-corrected chi connectivity index (χ3v) is 4.49. The number of amides is 1. The van der Waals surface area contributed by atoms with Gasteiger partial charge in [-0.1, -0.05) is 0 Å². The van der Waals surface area contributed by atoms with Crippen molar-refractivity contribution in [3.63, 3.8) is 0 Å². The number of aryl methyl sites for hydroxylation is 2. The van der Waals surface area contributed by atoms with Crippen LogP contribution in [-0.2, 0) is 4.74 Å². The topological polar surface area (TPSA) is 42.7 Å². The maximum absolute atomic E-state index is 12.8. The van der Waals surface area contributed by atoms with Crippen molar-refractivity contribution in [2.24, 2.45) is 0 Å². The first-order valence-corrected chi connectivity index (χ1v) is 7.22. The van der Waals surface area contributed by atoms with Crippen LogP contribution in [0.2, 0.25) is 0 Å². The fourth-order valence-corrected chi connectivity index (χ4v) is 2.90. The smallest absolute Gasteiger partial charge is 0.259 e. The zero-order valence-corrected chi connectivity index (χ0v) is 13.6. The molecule has 1 fully saturated rings. The minimum Gasteiger partial charge on any atom is -0.465 e. The van der Waals surface area contributed by atoms with Crippen LogP contribution in [0.4, 0.5) is 0 Å². The predicted molar refractivity (Wildman–Crippen MR) is 76.4 cm³/mol. The lowest BCUT2D eigenvalue weighted by Gasteiger charge is -2.44. The summed E-state index contributed by atoms with van der Waals surface area (Å²) in [4.78, 5) is 14.7. The Kier molecular flexibility index (Phi) is 3.80. The minimum absolute atomic E-state index is 0.00127. The first kappa shape index (κ1) is 14.6. The number of morpholine rings is 1. The number of carbonyl (C=O) groups is 1. The molecule has 0 aliphatic carbocycles. The van der Waals surface area contributed by atoms with Gasteiger partial charge in [-0.25, -0.2) is 0 Å². The lowest BCUT2D eigenvalue weighted by Crippen LogP contribution is -2.57. The summed E-state index contributed by atoms with van der Waals surface area (Å²) in [6.07, 6.45) is 0.0593. The van der Waals surface area contributed by atoms with Crippen LogP contribution in [0.15, 0.2) is 8.89 Å². The Balaban J connectivity index is 2.37. The van der Waals surface area contributed by atoms with Crippen LogP contribution in [0.25, 0.3) is 0 Å². The molecule has 0 bridgehead atoms. The third-order valence-electron chi connectivity index (χ3n) is 3.54. The molecule has 1 saturated heterocycles. The van der Waals surface area contributed by atoms with E-state index in [0.29, 0.717) is 24.5 Å². The Morgan fingerprint density at radius 2 is 2.00 bits per heavy atom. The molecule has 19 heavy (non-hydrogen) atoms. The highest BCUT2D eigenvalue weighted by Crippen LogP contribution is 2.32. The molecule has 0 spiro atoms. The maximum Gasteiger partial charge on any atom is 0.259 e. The lowest BCUT2D eigenvalue weighted by atomic mass is 9.99. The number of ether oxygens (including phenoxy) is 1. The molecule has 4 nitrogen and oxygen atoms in total. The van der Waals surface area contributed by atoms with Gasteiger partial charge >= 0.3 is 0 Å². The summed E-state index contributed by atoms with van der Waals surface area (Å²) in [6, 6.07) is 0. The highest BCUT2D eigenvalue weighted by molar-refractivity contribution is 9.10. The monoisotopic (exact) mass is 329 g/mol. The zero-order chi connectivity index (χ0) is 14.4. The summed E-state index contributed by atoms with van der Waals surface area (Å²) in [5.74, 6) is 1.39. The molecular weight excluding hydrogens is 310 g/mol. The third kappa shape index (κ3) is 2.58. The summed E-state index contributed by atoms with van der Waals surface area (Å²) in [5.41, 5.74) is 0.320. The number of furan rings is 1. The Morgan fingerprint density at radius 3 is 2.53 bits per heavy atom. The van der Waals surface area contributed by atoms with E-state index in [1.807, 2.05) is 39.5 Å².